The Morgan fingerprint density at radius 2 is 2.31 bits per heavy atom. The highest BCUT2D eigenvalue weighted by atomic mass is 16.5. The Kier molecular flexibility index (Phi) is 3.00. The van der Waals surface area contributed by atoms with Crippen molar-refractivity contribution in [2.45, 2.75) is 13.0 Å². The van der Waals surface area contributed by atoms with Crippen molar-refractivity contribution in [1.29, 1.82) is 0 Å². The molecule has 86 valence electrons. The van der Waals surface area contributed by atoms with Gasteiger partial charge in [-0.15, -0.1) is 0 Å². The fourth-order valence-electron chi connectivity index (χ4n) is 1.73. The third-order valence-electron chi connectivity index (χ3n) is 2.52. The lowest BCUT2D eigenvalue weighted by molar-refractivity contribution is 0.0687. The van der Waals surface area contributed by atoms with Gasteiger partial charge in [0.05, 0.1) is 19.3 Å². The number of carboxylic acids is 1. The van der Waals surface area contributed by atoms with Crippen LogP contribution in [-0.2, 0) is 4.74 Å². The lowest BCUT2D eigenvalue weighted by Gasteiger charge is -2.34. The lowest BCUT2D eigenvalue weighted by atomic mass is 10.2. The van der Waals surface area contributed by atoms with E-state index >= 15 is 0 Å². The average molecular weight is 223 g/mol. The van der Waals surface area contributed by atoms with Gasteiger partial charge in [0.1, 0.15) is 0 Å². The van der Waals surface area contributed by atoms with Crippen LogP contribution in [0, 0.1) is 0 Å². The molecule has 1 saturated heterocycles. The zero-order valence-corrected chi connectivity index (χ0v) is 8.96. The van der Waals surface area contributed by atoms with Crippen LogP contribution in [0.5, 0.6) is 0 Å². The predicted octanol–water partition coefficient (Wildman–Crippen LogP) is 0.400. The van der Waals surface area contributed by atoms with Crippen molar-refractivity contribution in [3.05, 3.63) is 18.1 Å². The second kappa shape index (κ2) is 4.44. The Hall–Kier alpha value is -1.69. The number of aromatic carboxylic acids is 1. The molecule has 1 aromatic heterocycles. The van der Waals surface area contributed by atoms with E-state index in [4.69, 9.17) is 9.84 Å². The molecule has 6 heteroatoms. The molecule has 2 heterocycles. The third kappa shape index (κ3) is 1.96. The Morgan fingerprint density at radius 1 is 1.56 bits per heavy atom. The Labute approximate surface area is 92.9 Å². The van der Waals surface area contributed by atoms with Gasteiger partial charge < -0.3 is 14.7 Å². The fraction of sp³-hybridized carbons (Fsp3) is 0.500. The van der Waals surface area contributed by atoms with Crippen LogP contribution in [-0.4, -0.2) is 46.8 Å². The summed E-state index contributed by atoms with van der Waals surface area (Å²) in [6.07, 6.45) is 2.89. The van der Waals surface area contributed by atoms with Crippen LogP contribution in [0.25, 0.3) is 0 Å². The summed E-state index contributed by atoms with van der Waals surface area (Å²) in [4.78, 5) is 20.9. The Bertz CT molecular complexity index is 397. The Morgan fingerprint density at radius 3 is 3.00 bits per heavy atom. The summed E-state index contributed by atoms with van der Waals surface area (Å²) in [6, 6.07) is 0.114. The minimum atomic E-state index is -1.05. The maximum absolute atomic E-state index is 11.0. The summed E-state index contributed by atoms with van der Waals surface area (Å²) in [5.74, 6) is -0.632. The molecule has 16 heavy (non-hydrogen) atoms. The first-order valence-corrected chi connectivity index (χ1v) is 5.09. The minimum absolute atomic E-state index is 0.00347. The maximum atomic E-state index is 11.0. The normalized spacial score (nSPS) is 20.8. The van der Waals surface area contributed by atoms with Crippen LogP contribution < -0.4 is 4.90 Å². The number of aromatic nitrogens is 2. The SMILES string of the molecule is CC1COCCN1c1nccnc1C(=O)O. The lowest BCUT2D eigenvalue weighted by Crippen LogP contribution is -2.45. The molecule has 0 bridgehead atoms. The fourth-order valence-corrected chi connectivity index (χ4v) is 1.73. The van der Waals surface area contributed by atoms with Gasteiger partial charge in [0, 0.05) is 18.9 Å². The predicted molar refractivity (Wildman–Crippen MR) is 56.6 cm³/mol. The number of rotatable bonds is 2. The van der Waals surface area contributed by atoms with Gasteiger partial charge in [0.15, 0.2) is 11.5 Å². The summed E-state index contributed by atoms with van der Waals surface area (Å²) in [6.45, 7) is 3.77. The number of nitrogens with zero attached hydrogens (tertiary/aromatic N) is 3. The number of hydrogen-bond donors (Lipinski definition) is 1. The van der Waals surface area contributed by atoms with E-state index in [1.165, 1.54) is 12.4 Å². The van der Waals surface area contributed by atoms with Crippen LogP contribution in [0.1, 0.15) is 17.4 Å². The van der Waals surface area contributed by atoms with Crippen LogP contribution in [0.15, 0.2) is 12.4 Å². The van der Waals surface area contributed by atoms with Crippen LogP contribution in [0.2, 0.25) is 0 Å². The van der Waals surface area contributed by atoms with Gasteiger partial charge in [-0.3, -0.25) is 0 Å². The number of hydrogen-bond acceptors (Lipinski definition) is 5. The largest absolute Gasteiger partial charge is 0.476 e. The molecule has 1 unspecified atom stereocenters. The summed E-state index contributed by atoms with van der Waals surface area (Å²) in [7, 11) is 0. The molecule has 1 aromatic rings. The molecule has 1 aliphatic rings. The van der Waals surface area contributed by atoms with E-state index in [1.54, 1.807) is 0 Å². The van der Waals surface area contributed by atoms with Crippen LogP contribution in [0.3, 0.4) is 0 Å². The number of ether oxygens (including phenoxy) is 1. The molecule has 0 aromatic carbocycles. The van der Waals surface area contributed by atoms with Crippen molar-refractivity contribution < 1.29 is 14.6 Å². The van der Waals surface area contributed by atoms with Crippen molar-refractivity contribution in [2.24, 2.45) is 0 Å². The molecule has 0 radical (unpaired) electrons. The zero-order chi connectivity index (χ0) is 11.5. The van der Waals surface area contributed by atoms with Gasteiger partial charge in [-0.1, -0.05) is 0 Å². The highest BCUT2D eigenvalue weighted by molar-refractivity contribution is 5.91. The number of morpholine rings is 1. The van der Waals surface area contributed by atoms with Gasteiger partial charge in [0.2, 0.25) is 0 Å². The van der Waals surface area contributed by atoms with E-state index in [-0.39, 0.29) is 11.7 Å². The van der Waals surface area contributed by atoms with Gasteiger partial charge >= 0.3 is 5.97 Å². The van der Waals surface area contributed by atoms with Gasteiger partial charge in [-0.2, -0.15) is 0 Å². The molecule has 0 aliphatic carbocycles. The number of anilines is 1. The molecule has 0 amide bonds. The molecule has 1 fully saturated rings. The molecule has 2 rings (SSSR count). The van der Waals surface area contributed by atoms with Crippen LogP contribution >= 0.6 is 0 Å². The van der Waals surface area contributed by atoms with Gasteiger partial charge in [-0.25, -0.2) is 14.8 Å². The number of carbonyl (C=O) groups is 1. The molecule has 1 aliphatic heterocycles. The standard InChI is InChI=1S/C10H13N3O3/c1-7-6-16-5-4-13(7)9-8(10(14)15)11-2-3-12-9/h2-3,7H,4-6H2,1H3,(H,14,15). The highest BCUT2D eigenvalue weighted by Crippen LogP contribution is 2.19. The van der Waals surface area contributed by atoms with E-state index < -0.39 is 5.97 Å². The first-order chi connectivity index (χ1) is 7.70. The van der Waals surface area contributed by atoms with Crippen molar-refractivity contribution >= 4 is 11.8 Å². The topological polar surface area (TPSA) is 75.5 Å². The monoisotopic (exact) mass is 223 g/mol. The second-order valence-electron chi connectivity index (χ2n) is 3.65. The zero-order valence-electron chi connectivity index (χ0n) is 8.96. The van der Waals surface area contributed by atoms with E-state index in [0.29, 0.717) is 25.6 Å². The van der Waals surface area contributed by atoms with Crippen LogP contribution in [0.4, 0.5) is 5.82 Å². The van der Waals surface area contributed by atoms with E-state index in [2.05, 4.69) is 9.97 Å². The van der Waals surface area contributed by atoms with E-state index in [1.807, 2.05) is 11.8 Å². The second-order valence-corrected chi connectivity index (χ2v) is 3.65. The van der Waals surface area contributed by atoms with Gasteiger partial charge in [0.25, 0.3) is 0 Å². The summed E-state index contributed by atoms with van der Waals surface area (Å²) < 4.78 is 5.30. The average Bonchev–Trinajstić information content (AvgIpc) is 2.29. The minimum Gasteiger partial charge on any atom is -0.476 e. The molecular formula is C10H13N3O3. The maximum Gasteiger partial charge on any atom is 0.358 e. The summed E-state index contributed by atoms with van der Waals surface area (Å²) >= 11 is 0. The van der Waals surface area contributed by atoms with E-state index in [0.717, 1.165) is 0 Å². The molecular weight excluding hydrogens is 210 g/mol. The molecule has 0 spiro atoms. The Balaban J connectivity index is 2.34. The van der Waals surface area contributed by atoms with Crippen molar-refractivity contribution in [2.75, 3.05) is 24.7 Å². The molecule has 1 N–H and O–H groups in total. The van der Waals surface area contributed by atoms with Crippen molar-refractivity contribution in [1.82, 2.24) is 9.97 Å². The first kappa shape index (κ1) is 10.8. The first-order valence-electron chi connectivity index (χ1n) is 5.09. The van der Waals surface area contributed by atoms with Crippen molar-refractivity contribution in [3.8, 4) is 0 Å². The quantitative estimate of drug-likeness (QED) is 0.782. The highest BCUT2D eigenvalue weighted by Gasteiger charge is 2.25. The molecule has 0 saturated carbocycles. The van der Waals surface area contributed by atoms with E-state index in [9.17, 15) is 4.79 Å². The molecule has 6 nitrogen and oxygen atoms in total. The summed E-state index contributed by atoms with van der Waals surface area (Å²) in [5, 5.41) is 9.02. The summed E-state index contributed by atoms with van der Waals surface area (Å²) in [5.41, 5.74) is -0.00347. The molecule has 1 atom stereocenters. The smallest absolute Gasteiger partial charge is 0.358 e. The number of carboxylic acid groups (broad SMARTS) is 1. The third-order valence-corrected chi connectivity index (χ3v) is 2.52. The van der Waals surface area contributed by atoms with Crippen molar-refractivity contribution in [3.63, 3.8) is 0 Å². The van der Waals surface area contributed by atoms with Gasteiger partial charge in [-0.05, 0) is 6.92 Å².